The lowest BCUT2D eigenvalue weighted by Gasteiger charge is -2.21. The fraction of sp³-hybridized carbons (Fsp3) is 0.435. The van der Waals surface area contributed by atoms with E-state index in [2.05, 4.69) is 44.8 Å². The molecule has 1 aliphatic rings. The fourth-order valence-corrected chi connectivity index (χ4v) is 3.58. The topological polar surface area (TPSA) is 67.4 Å². The van der Waals surface area contributed by atoms with Gasteiger partial charge in [-0.15, -0.1) is 24.0 Å². The van der Waals surface area contributed by atoms with Gasteiger partial charge in [0.1, 0.15) is 11.5 Å². The number of methoxy groups -OCH3 is 3. The van der Waals surface area contributed by atoms with Crippen LogP contribution in [0.15, 0.2) is 47.5 Å². The Morgan fingerprint density at radius 2 is 1.68 bits per heavy atom. The molecule has 170 valence electrons. The van der Waals surface area contributed by atoms with Crippen LogP contribution in [0.2, 0.25) is 0 Å². The molecular formula is C23H33IN4O3. The van der Waals surface area contributed by atoms with Gasteiger partial charge in [0.05, 0.1) is 20.8 Å². The Kier molecular flexibility index (Phi) is 10.2. The number of benzene rings is 2. The molecule has 7 nitrogen and oxygen atoms in total. The average Bonchev–Trinajstić information content (AvgIpc) is 3.26. The quantitative estimate of drug-likeness (QED) is 0.304. The minimum absolute atomic E-state index is 0. The van der Waals surface area contributed by atoms with Crippen LogP contribution in [0, 0.1) is 0 Å². The molecule has 0 bridgehead atoms. The summed E-state index contributed by atoms with van der Waals surface area (Å²) in [4.78, 5) is 6.72. The van der Waals surface area contributed by atoms with Gasteiger partial charge in [-0.2, -0.15) is 0 Å². The van der Waals surface area contributed by atoms with E-state index in [1.807, 2.05) is 18.2 Å². The summed E-state index contributed by atoms with van der Waals surface area (Å²) in [5.74, 6) is 2.41. The predicted octanol–water partition coefficient (Wildman–Crippen LogP) is 3.41. The predicted molar refractivity (Wildman–Crippen MR) is 136 cm³/mol. The molecule has 0 radical (unpaired) electrons. The van der Waals surface area contributed by atoms with E-state index in [0.29, 0.717) is 12.6 Å². The summed E-state index contributed by atoms with van der Waals surface area (Å²) in [6.07, 6.45) is 1.03. The zero-order chi connectivity index (χ0) is 21.3. The Balaban J connectivity index is 0.00000341. The number of halogens is 1. The second-order valence-electron chi connectivity index (χ2n) is 7.32. The number of guanidine groups is 1. The summed E-state index contributed by atoms with van der Waals surface area (Å²) >= 11 is 0. The third-order valence-corrected chi connectivity index (χ3v) is 5.25. The molecule has 0 saturated carbocycles. The van der Waals surface area contributed by atoms with E-state index < -0.39 is 0 Å². The van der Waals surface area contributed by atoms with Gasteiger partial charge in [-0.05, 0) is 17.5 Å². The van der Waals surface area contributed by atoms with E-state index in [1.165, 1.54) is 11.1 Å². The van der Waals surface area contributed by atoms with Crippen molar-refractivity contribution in [2.24, 2.45) is 4.99 Å². The highest BCUT2D eigenvalue weighted by Gasteiger charge is 2.24. The first-order valence-corrected chi connectivity index (χ1v) is 10.2. The van der Waals surface area contributed by atoms with Crippen molar-refractivity contribution in [3.05, 3.63) is 53.6 Å². The van der Waals surface area contributed by atoms with E-state index in [0.717, 1.165) is 49.2 Å². The third kappa shape index (κ3) is 7.17. The number of nitrogens with zero attached hydrogens (tertiary/aromatic N) is 2. The lowest BCUT2D eigenvalue weighted by atomic mass is 10.1. The standard InChI is InChI=1S/C23H32N4O3.HI/c1-24-23(25-14-17-5-7-18(8-6-17)16-28-2)26-19-9-10-27(15-19)20-11-21(29-3)13-22(12-20)30-4;/h5-8,11-13,19H,9-10,14-16H2,1-4H3,(H2,24,25,26);1H. The van der Waals surface area contributed by atoms with E-state index in [9.17, 15) is 0 Å². The van der Waals surface area contributed by atoms with Crippen molar-refractivity contribution in [2.75, 3.05) is 46.4 Å². The minimum atomic E-state index is 0. The van der Waals surface area contributed by atoms with Gasteiger partial charge < -0.3 is 29.7 Å². The number of hydrogen-bond acceptors (Lipinski definition) is 5. The summed E-state index contributed by atoms with van der Waals surface area (Å²) < 4.78 is 16.0. The molecule has 1 atom stereocenters. The summed E-state index contributed by atoms with van der Waals surface area (Å²) in [6.45, 7) is 3.21. The molecule has 0 aromatic heterocycles. The Labute approximate surface area is 202 Å². The Morgan fingerprint density at radius 1 is 1.03 bits per heavy atom. The van der Waals surface area contributed by atoms with Crippen molar-refractivity contribution in [1.82, 2.24) is 10.6 Å². The monoisotopic (exact) mass is 540 g/mol. The zero-order valence-corrected chi connectivity index (χ0v) is 21.0. The highest BCUT2D eigenvalue weighted by atomic mass is 127. The summed E-state index contributed by atoms with van der Waals surface area (Å²) in [5.41, 5.74) is 3.48. The summed E-state index contributed by atoms with van der Waals surface area (Å²) in [7, 11) is 6.86. The van der Waals surface area contributed by atoms with Crippen LogP contribution >= 0.6 is 24.0 Å². The summed E-state index contributed by atoms with van der Waals surface area (Å²) in [6, 6.07) is 14.7. The SMILES string of the molecule is CN=C(NCc1ccc(COC)cc1)NC1CCN(c2cc(OC)cc(OC)c2)C1.I. The van der Waals surface area contributed by atoms with Crippen molar-refractivity contribution >= 4 is 35.6 Å². The van der Waals surface area contributed by atoms with Crippen LogP contribution in [0.3, 0.4) is 0 Å². The van der Waals surface area contributed by atoms with Crippen LogP contribution in [-0.2, 0) is 17.9 Å². The van der Waals surface area contributed by atoms with Gasteiger partial charge in [-0.25, -0.2) is 0 Å². The van der Waals surface area contributed by atoms with Crippen molar-refractivity contribution in [3.63, 3.8) is 0 Å². The smallest absolute Gasteiger partial charge is 0.191 e. The third-order valence-electron chi connectivity index (χ3n) is 5.25. The van der Waals surface area contributed by atoms with Crippen LogP contribution in [0.4, 0.5) is 5.69 Å². The lowest BCUT2D eigenvalue weighted by molar-refractivity contribution is 0.185. The molecule has 1 heterocycles. The molecule has 1 aliphatic heterocycles. The lowest BCUT2D eigenvalue weighted by Crippen LogP contribution is -2.44. The van der Waals surface area contributed by atoms with Gasteiger partial charge in [0.2, 0.25) is 0 Å². The van der Waals surface area contributed by atoms with Gasteiger partial charge in [0.15, 0.2) is 5.96 Å². The number of ether oxygens (including phenoxy) is 3. The highest BCUT2D eigenvalue weighted by molar-refractivity contribution is 14.0. The van der Waals surface area contributed by atoms with Gasteiger partial charge >= 0.3 is 0 Å². The molecule has 3 rings (SSSR count). The maximum absolute atomic E-state index is 5.40. The highest BCUT2D eigenvalue weighted by Crippen LogP contribution is 2.30. The van der Waals surface area contributed by atoms with E-state index in [1.54, 1.807) is 28.4 Å². The van der Waals surface area contributed by atoms with Crippen molar-refractivity contribution in [3.8, 4) is 11.5 Å². The zero-order valence-electron chi connectivity index (χ0n) is 18.7. The van der Waals surface area contributed by atoms with Crippen LogP contribution < -0.4 is 25.0 Å². The Bertz CT molecular complexity index is 823. The number of rotatable bonds is 8. The fourth-order valence-electron chi connectivity index (χ4n) is 3.58. The number of nitrogens with one attached hydrogen (secondary N) is 2. The molecular weight excluding hydrogens is 507 g/mol. The van der Waals surface area contributed by atoms with Crippen molar-refractivity contribution in [2.45, 2.75) is 25.6 Å². The van der Waals surface area contributed by atoms with Crippen LogP contribution in [-0.4, -0.2) is 53.5 Å². The Hall–Kier alpha value is -2.20. The first-order chi connectivity index (χ1) is 14.6. The number of aliphatic imine (C=N–C) groups is 1. The van der Waals surface area contributed by atoms with E-state index in [-0.39, 0.29) is 24.0 Å². The van der Waals surface area contributed by atoms with Gasteiger partial charge in [0, 0.05) is 63.7 Å². The van der Waals surface area contributed by atoms with Crippen molar-refractivity contribution < 1.29 is 14.2 Å². The Morgan fingerprint density at radius 3 is 2.26 bits per heavy atom. The van der Waals surface area contributed by atoms with Crippen LogP contribution in [0.25, 0.3) is 0 Å². The molecule has 1 fully saturated rings. The molecule has 0 spiro atoms. The molecule has 1 saturated heterocycles. The first-order valence-electron chi connectivity index (χ1n) is 10.2. The average molecular weight is 540 g/mol. The molecule has 1 unspecified atom stereocenters. The second-order valence-corrected chi connectivity index (χ2v) is 7.32. The molecule has 31 heavy (non-hydrogen) atoms. The van der Waals surface area contributed by atoms with Gasteiger partial charge in [-0.1, -0.05) is 24.3 Å². The van der Waals surface area contributed by atoms with E-state index in [4.69, 9.17) is 14.2 Å². The molecule has 0 amide bonds. The summed E-state index contributed by atoms with van der Waals surface area (Å²) in [5, 5.41) is 6.94. The molecule has 2 aromatic rings. The van der Waals surface area contributed by atoms with E-state index >= 15 is 0 Å². The molecule has 2 aromatic carbocycles. The second kappa shape index (κ2) is 12.6. The normalized spacial score (nSPS) is 15.9. The minimum Gasteiger partial charge on any atom is -0.497 e. The van der Waals surface area contributed by atoms with Gasteiger partial charge in [0.25, 0.3) is 0 Å². The number of hydrogen-bond donors (Lipinski definition) is 2. The largest absolute Gasteiger partial charge is 0.497 e. The maximum atomic E-state index is 5.40. The van der Waals surface area contributed by atoms with Crippen molar-refractivity contribution in [1.29, 1.82) is 0 Å². The molecule has 8 heteroatoms. The number of anilines is 1. The first kappa shape index (κ1) is 25.1. The maximum Gasteiger partial charge on any atom is 0.191 e. The van der Waals surface area contributed by atoms with Crippen LogP contribution in [0.1, 0.15) is 17.5 Å². The molecule has 2 N–H and O–H groups in total. The molecule has 0 aliphatic carbocycles. The van der Waals surface area contributed by atoms with Crippen LogP contribution in [0.5, 0.6) is 11.5 Å². The van der Waals surface area contributed by atoms with Gasteiger partial charge in [-0.3, -0.25) is 4.99 Å².